The van der Waals surface area contributed by atoms with Gasteiger partial charge in [0.05, 0.1) is 0 Å². The molecule has 0 amide bonds. The molecule has 0 aromatic heterocycles. The van der Waals surface area contributed by atoms with Crippen LogP contribution in [0, 0.1) is 0 Å². The third kappa shape index (κ3) is 4.93. The van der Waals surface area contributed by atoms with Crippen LogP contribution in [-0.2, 0) is 22.6 Å². The predicted molar refractivity (Wildman–Crippen MR) is 102 cm³/mol. The standard InChI is InChI=1S/C22H27NO3/c24-21(25)18-26-22(14-8-3-9-15-22)23(16-19-10-4-1-5-11-19)17-20-12-6-2-7-13-20/h1-2,4-7,10-13H,3,8-9,14-18H2,(H,24,25). The third-order valence-electron chi connectivity index (χ3n) is 5.11. The van der Waals surface area contributed by atoms with Gasteiger partial charge in [-0.2, -0.15) is 0 Å². The van der Waals surface area contributed by atoms with Gasteiger partial charge in [-0.1, -0.05) is 67.1 Å². The van der Waals surface area contributed by atoms with Gasteiger partial charge < -0.3 is 9.84 Å². The van der Waals surface area contributed by atoms with Gasteiger partial charge >= 0.3 is 5.97 Å². The minimum absolute atomic E-state index is 0.250. The molecule has 0 unspecified atom stereocenters. The number of carboxylic acid groups (broad SMARTS) is 1. The van der Waals surface area contributed by atoms with E-state index in [1.54, 1.807) is 0 Å². The van der Waals surface area contributed by atoms with Crippen LogP contribution in [0.25, 0.3) is 0 Å². The highest BCUT2D eigenvalue weighted by Crippen LogP contribution is 2.37. The molecule has 0 heterocycles. The molecule has 4 heteroatoms. The van der Waals surface area contributed by atoms with Crippen molar-refractivity contribution >= 4 is 5.97 Å². The third-order valence-corrected chi connectivity index (χ3v) is 5.11. The van der Waals surface area contributed by atoms with Crippen LogP contribution in [0.2, 0.25) is 0 Å². The smallest absolute Gasteiger partial charge is 0.329 e. The normalized spacial score (nSPS) is 16.5. The fourth-order valence-corrected chi connectivity index (χ4v) is 3.80. The minimum Gasteiger partial charge on any atom is -0.480 e. The Bertz CT molecular complexity index is 640. The lowest BCUT2D eigenvalue weighted by Crippen LogP contribution is -2.52. The van der Waals surface area contributed by atoms with E-state index in [0.717, 1.165) is 38.8 Å². The van der Waals surface area contributed by atoms with Crippen molar-refractivity contribution in [2.75, 3.05) is 6.61 Å². The Morgan fingerprint density at radius 3 is 1.85 bits per heavy atom. The lowest BCUT2D eigenvalue weighted by Gasteiger charge is -2.46. The van der Waals surface area contributed by atoms with Crippen LogP contribution in [0.1, 0.15) is 43.2 Å². The molecule has 0 bridgehead atoms. The zero-order valence-electron chi connectivity index (χ0n) is 15.1. The highest BCUT2D eigenvalue weighted by atomic mass is 16.5. The summed E-state index contributed by atoms with van der Waals surface area (Å²) in [6, 6.07) is 20.7. The Kier molecular flexibility index (Phi) is 6.42. The molecule has 138 valence electrons. The first-order chi connectivity index (χ1) is 12.7. The van der Waals surface area contributed by atoms with Gasteiger partial charge in [0.1, 0.15) is 12.3 Å². The Hall–Kier alpha value is -2.17. The molecule has 1 aliphatic carbocycles. The summed E-state index contributed by atoms with van der Waals surface area (Å²) in [5, 5.41) is 9.18. The first-order valence-corrected chi connectivity index (χ1v) is 9.37. The second kappa shape index (κ2) is 8.97. The molecule has 3 rings (SSSR count). The van der Waals surface area contributed by atoms with Gasteiger partial charge in [0.15, 0.2) is 0 Å². The summed E-state index contributed by atoms with van der Waals surface area (Å²) < 4.78 is 6.06. The molecule has 1 N–H and O–H groups in total. The van der Waals surface area contributed by atoms with E-state index in [1.807, 2.05) is 36.4 Å². The highest BCUT2D eigenvalue weighted by Gasteiger charge is 2.39. The molecule has 1 fully saturated rings. The maximum atomic E-state index is 11.2. The summed E-state index contributed by atoms with van der Waals surface area (Å²) >= 11 is 0. The zero-order valence-corrected chi connectivity index (χ0v) is 15.1. The molecule has 1 saturated carbocycles. The van der Waals surface area contributed by atoms with Crippen LogP contribution in [-0.4, -0.2) is 28.3 Å². The second-order valence-corrected chi connectivity index (χ2v) is 7.02. The molecule has 2 aromatic carbocycles. The Labute approximate surface area is 155 Å². The van der Waals surface area contributed by atoms with E-state index in [4.69, 9.17) is 4.74 Å². The van der Waals surface area contributed by atoms with E-state index < -0.39 is 11.7 Å². The molecule has 4 nitrogen and oxygen atoms in total. The van der Waals surface area contributed by atoms with Crippen LogP contribution in [0.4, 0.5) is 0 Å². The number of hydrogen-bond acceptors (Lipinski definition) is 3. The van der Waals surface area contributed by atoms with Crippen molar-refractivity contribution in [2.24, 2.45) is 0 Å². The molecular formula is C22H27NO3. The average molecular weight is 353 g/mol. The van der Waals surface area contributed by atoms with Crippen molar-refractivity contribution in [3.8, 4) is 0 Å². The van der Waals surface area contributed by atoms with E-state index >= 15 is 0 Å². The summed E-state index contributed by atoms with van der Waals surface area (Å²) in [6.45, 7) is 1.24. The van der Waals surface area contributed by atoms with E-state index in [-0.39, 0.29) is 6.61 Å². The number of rotatable bonds is 8. The van der Waals surface area contributed by atoms with Crippen LogP contribution >= 0.6 is 0 Å². The van der Waals surface area contributed by atoms with Gasteiger partial charge in [-0.05, 0) is 36.8 Å². The van der Waals surface area contributed by atoms with Crippen LogP contribution < -0.4 is 0 Å². The van der Waals surface area contributed by atoms with Gasteiger partial charge in [0.25, 0.3) is 0 Å². The van der Waals surface area contributed by atoms with Crippen molar-refractivity contribution in [3.05, 3.63) is 71.8 Å². The van der Waals surface area contributed by atoms with Gasteiger partial charge in [-0.15, -0.1) is 0 Å². The Balaban J connectivity index is 1.88. The molecular weight excluding hydrogens is 326 g/mol. The number of ether oxygens (including phenoxy) is 1. The number of aliphatic carboxylic acids is 1. The summed E-state index contributed by atoms with van der Waals surface area (Å²) in [5.41, 5.74) is 1.92. The van der Waals surface area contributed by atoms with E-state index in [1.165, 1.54) is 17.5 Å². The number of hydrogen-bond donors (Lipinski definition) is 1. The quantitative estimate of drug-likeness (QED) is 0.712. The SMILES string of the molecule is O=C(O)COC1(N(Cc2ccccc2)Cc2ccccc2)CCCCC1. The lowest BCUT2D eigenvalue weighted by molar-refractivity contribution is -0.194. The van der Waals surface area contributed by atoms with Crippen LogP contribution in [0.3, 0.4) is 0 Å². The van der Waals surface area contributed by atoms with Crippen molar-refractivity contribution in [3.63, 3.8) is 0 Å². The first kappa shape index (κ1) is 18.6. The molecule has 0 atom stereocenters. The largest absolute Gasteiger partial charge is 0.480 e. The van der Waals surface area contributed by atoms with Gasteiger partial charge in [0.2, 0.25) is 0 Å². The summed E-state index contributed by atoms with van der Waals surface area (Å²) in [5.74, 6) is -0.908. The monoisotopic (exact) mass is 353 g/mol. The average Bonchev–Trinajstić information content (AvgIpc) is 2.68. The molecule has 1 aliphatic rings. The fraction of sp³-hybridized carbons (Fsp3) is 0.409. The minimum atomic E-state index is -0.908. The summed E-state index contributed by atoms with van der Waals surface area (Å²) in [4.78, 5) is 13.5. The maximum Gasteiger partial charge on any atom is 0.329 e. The first-order valence-electron chi connectivity index (χ1n) is 9.37. The van der Waals surface area contributed by atoms with Crippen molar-refractivity contribution < 1.29 is 14.6 Å². The Morgan fingerprint density at radius 2 is 1.38 bits per heavy atom. The van der Waals surface area contributed by atoms with E-state index in [9.17, 15) is 9.90 Å². The Morgan fingerprint density at radius 1 is 0.885 bits per heavy atom. The van der Waals surface area contributed by atoms with Crippen molar-refractivity contribution in [1.82, 2.24) is 4.90 Å². The van der Waals surface area contributed by atoms with E-state index in [2.05, 4.69) is 29.2 Å². The lowest BCUT2D eigenvalue weighted by atomic mass is 9.89. The van der Waals surface area contributed by atoms with Crippen LogP contribution in [0.5, 0.6) is 0 Å². The zero-order chi connectivity index (χ0) is 18.2. The van der Waals surface area contributed by atoms with Gasteiger partial charge in [-0.25, -0.2) is 4.79 Å². The maximum absolute atomic E-state index is 11.2. The van der Waals surface area contributed by atoms with Crippen molar-refractivity contribution in [2.45, 2.75) is 50.9 Å². The van der Waals surface area contributed by atoms with Gasteiger partial charge in [0, 0.05) is 13.1 Å². The number of nitrogens with zero attached hydrogens (tertiary/aromatic N) is 1. The van der Waals surface area contributed by atoms with Crippen LogP contribution in [0.15, 0.2) is 60.7 Å². The number of benzene rings is 2. The fourth-order valence-electron chi connectivity index (χ4n) is 3.80. The second-order valence-electron chi connectivity index (χ2n) is 7.02. The van der Waals surface area contributed by atoms with E-state index in [0.29, 0.717) is 0 Å². The predicted octanol–water partition coefficient (Wildman–Crippen LogP) is 4.45. The van der Waals surface area contributed by atoms with Crippen molar-refractivity contribution in [1.29, 1.82) is 0 Å². The molecule has 0 aliphatic heterocycles. The highest BCUT2D eigenvalue weighted by molar-refractivity contribution is 5.68. The number of carbonyl (C=O) groups is 1. The topological polar surface area (TPSA) is 49.8 Å². The molecule has 26 heavy (non-hydrogen) atoms. The molecule has 2 aromatic rings. The summed E-state index contributed by atoms with van der Waals surface area (Å²) in [6.07, 6.45) is 5.07. The van der Waals surface area contributed by atoms with Gasteiger partial charge in [-0.3, -0.25) is 4.90 Å². The molecule has 0 radical (unpaired) electrons. The summed E-state index contributed by atoms with van der Waals surface area (Å²) in [7, 11) is 0. The molecule has 0 spiro atoms. The number of carboxylic acids is 1. The molecule has 0 saturated heterocycles.